The van der Waals surface area contributed by atoms with Crippen LogP contribution in [0.4, 0.5) is 8.78 Å². The van der Waals surface area contributed by atoms with Gasteiger partial charge >= 0.3 is 0 Å². The third-order valence-corrected chi connectivity index (χ3v) is 2.90. The summed E-state index contributed by atoms with van der Waals surface area (Å²) in [4.78, 5) is 11.1. The number of carbonyl (C=O) groups excluding carboxylic acids is 1. The van der Waals surface area contributed by atoms with Gasteiger partial charge in [0.15, 0.2) is 0 Å². The molecule has 0 saturated heterocycles. The highest BCUT2D eigenvalue weighted by Gasteiger charge is 2.25. The highest BCUT2D eigenvalue weighted by molar-refractivity contribution is 5.80. The van der Waals surface area contributed by atoms with Gasteiger partial charge in [0.2, 0.25) is 5.91 Å². The number of amides is 1. The molecule has 0 aliphatic rings. The fourth-order valence-corrected chi connectivity index (χ4v) is 1.44. The highest BCUT2D eigenvalue weighted by atomic mass is 19.1. The fourth-order valence-electron chi connectivity index (χ4n) is 1.44. The molecule has 100 valence electrons. The molecule has 1 aromatic carbocycles. The Kier molecular flexibility index (Phi) is 4.40. The van der Waals surface area contributed by atoms with Gasteiger partial charge in [0.1, 0.15) is 11.6 Å². The Hall–Kier alpha value is -1.49. The predicted molar refractivity (Wildman–Crippen MR) is 65.8 cm³/mol. The van der Waals surface area contributed by atoms with E-state index >= 15 is 0 Å². The maximum atomic E-state index is 13.0. The lowest BCUT2D eigenvalue weighted by Gasteiger charge is -2.24. The van der Waals surface area contributed by atoms with Crippen molar-refractivity contribution < 1.29 is 13.6 Å². The molecule has 18 heavy (non-hydrogen) atoms. The van der Waals surface area contributed by atoms with Crippen molar-refractivity contribution in [3.63, 3.8) is 0 Å². The largest absolute Gasteiger partial charge is 0.369 e. The van der Waals surface area contributed by atoms with E-state index in [4.69, 9.17) is 5.73 Å². The third kappa shape index (κ3) is 3.77. The Morgan fingerprint density at radius 3 is 2.28 bits per heavy atom. The minimum atomic E-state index is -0.708. The van der Waals surface area contributed by atoms with E-state index in [-0.39, 0.29) is 6.04 Å². The zero-order valence-electron chi connectivity index (χ0n) is 10.8. The SMILES string of the molecule is C[C@H](NCC(C)(C)C(N)=O)c1cc(F)cc(F)c1. The third-order valence-electron chi connectivity index (χ3n) is 2.90. The predicted octanol–water partition coefficient (Wildman–Crippen LogP) is 2.13. The molecule has 0 bridgehead atoms. The maximum absolute atomic E-state index is 13.0. The number of primary amides is 1. The molecule has 0 heterocycles. The van der Waals surface area contributed by atoms with Gasteiger partial charge in [0.05, 0.1) is 5.41 Å². The summed E-state index contributed by atoms with van der Waals surface area (Å²) in [6.07, 6.45) is 0. The van der Waals surface area contributed by atoms with E-state index in [1.807, 2.05) is 0 Å². The van der Waals surface area contributed by atoms with E-state index in [0.29, 0.717) is 12.1 Å². The summed E-state index contributed by atoms with van der Waals surface area (Å²) in [5, 5.41) is 3.04. The molecular weight excluding hydrogens is 238 g/mol. The van der Waals surface area contributed by atoms with Crippen molar-refractivity contribution in [3.05, 3.63) is 35.4 Å². The van der Waals surface area contributed by atoms with Crippen molar-refractivity contribution >= 4 is 5.91 Å². The lowest BCUT2D eigenvalue weighted by molar-refractivity contribution is -0.125. The molecule has 1 aromatic rings. The zero-order chi connectivity index (χ0) is 13.9. The van der Waals surface area contributed by atoms with Crippen molar-refractivity contribution in [1.29, 1.82) is 0 Å². The minimum Gasteiger partial charge on any atom is -0.369 e. The molecule has 1 amide bonds. The fraction of sp³-hybridized carbons (Fsp3) is 0.462. The van der Waals surface area contributed by atoms with Crippen LogP contribution in [-0.4, -0.2) is 12.5 Å². The Labute approximate surface area is 105 Å². The number of hydrogen-bond donors (Lipinski definition) is 2. The van der Waals surface area contributed by atoms with E-state index < -0.39 is 23.0 Å². The van der Waals surface area contributed by atoms with Crippen molar-refractivity contribution in [3.8, 4) is 0 Å². The van der Waals surface area contributed by atoms with Gasteiger partial charge in [0.25, 0.3) is 0 Å². The highest BCUT2D eigenvalue weighted by Crippen LogP contribution is 2.18. The lowest BCUT2D eigenvalue weighted by atomic mass is 9.92. The molecule has 0 fully saturated rings. The average Bonchev–Trinajstić information content (AvgIpc) is 2.24. The minimum absolute atomic E-state index is 0.270. The van der Waals surface area contributed by atoms with E-state index in [1.165, 1.54) is 12.1 Å². The zero-order valence-corrected chi connectivity index (χ0v) is 10.8. The van der Waals surface area contributed by atoms with E-state index in [2.05, 4.69) is 5.32 Å². The molecule has 0 spiro atoms. The number of nitrogens with one attached hydrogen (secondary N) is 1. The second kappa shape index (κ2) is 5.44. The number of nitrogens with two attached hydrogens (primary N) is 1. The monoisotopic (exact) mass is 256 g/mol. The number of benzene rings is 1. The van der Waals surface area contributed by atoms with Crippen molar-refractivity contribution in [2.45, 2.75) is 26.8 Å². The molecule has 0 aromatic heterocycles. The summed E-state index contributed by atoms with van der Waals surface area (Å²) in [6, 6.07) is 3.08. The Bertz CT molecular complexity index is 426. The van der Waals surface area contributed by atoms with E-state index in [0.717, 1.165) is 6.07 Å². The van der Waals surface area contributed by atoms with Crippen LogP contribution >= 0.6 is 0 Å². The van der Waals surface area contributed by atoms with E-state index in [9.17, 15) is 13.6 Å². The Balaban J connectivity index is 2.71. The van der Waals surface area contributed by atoms with Crippen molar-refractivity contribution in [2.24, 2.45) is 11.1 Å². The van der Waals surface area contributed by atoms with Crippen LogP contribution in [0.5, 0.6) is 0 Å². The molecule has 1 rings (SSSR count). The summed E-state index contributed by atoms with van der Waals surface area (Å²) < 4.78 is 26.1. The van der Waals surface area contributed by atoms with Crippen LogP contribution < -0.4 is 11.1 Å². The quantitative estimate of drug-likeness (QED) is 0.848. The normalized spacial score (nSPS) is 13.4. The van der Waals surface area contributed by atoms with Gasteiger partial charge in [0, 0.05) is 18.7 Å². The van der Waals surface area contributed by atoms with Crippen LogP contribution in [0.3, 0.4) is 0 Å². The van der Waals surface area contributed by atoms with Crippen LogP contribution in [0.2, 0.25) is 0 Å². The number of carbonyl (C=O) groups is 1. The van der Waals surface area contributed by atoms with Crippen LogP contribution in [0.15, 0.2) is 18.2 Å². The average molecular weight is 256 g/mol. The first kappa shape index (κ1) is 14.6. The number of halogens is 2. The van der Waals surface area contributed by atoms with Gasteiger partial charge < -0.3 is 11.1 Å². The molecule has 0 radical (unpaired) electrons. The first-order chi connectivity index (χ1) is 8.22. The molecule has 5 heteroatoms. The molecule has 0 aliphatic heterocycles. The summed E-state index contributed by atoms with van der Waals surface area (Å²) in [6.45, 7) is 5.52. The summed E-state index contributed by atoms with van der Waals surface area (Å²) in [5.41, 5.74) is 5.03. The molecule has 1 atom stereocenters. The van der Waals surface area contributed by atoms with Crippen molar-refractivity contribution in [2.75, 3.05) is 6.54 Å². The standard InChI is InChI=1S/C13H18F2N2O/c1-8(17-7-13(2,3)12(16)18)9-4-10(14)6-11(15)5-9/h4-6,8,17H,7H2,1-3H3,(H2,16,18)/t8-/m0/s1. The van der Waals surface area contributed by atoms with Gasteiger partial charge in [-0.05, 0) is 38.5 Å². The Morgan fingerprint density at radius 2 is 1.83 bits per heavy atom. The van der Waals surface area contributed by atoms with Gasteiger partial charge in [-0.15, -0.1) is 0 Å². The van der Waals surface area contributed by atoms with Gasteiger partial charge in [-0.2, -0.15) is 0 Å². The summed E-state index contributed by atoms with van der Waals surface area (Å²) in [7, 11) is 0. The van der Waals surface area contributed by atoms with Crippen LogP contribution in [0.25, 0.3) is 0 Å². The number of rotatable bonds is 5. The Morgan fingerprint density at radius 1 is 1.33 bits per heavy atom. The molecule has 3 nitrogen and oxygen atoms in total. The van der Waals surface area contributed by atoms with Crippen LogP contribution in [0, 0.1) is 17.0 Å². The van der Waals surface area contributed by atoms with Crippen LogP contribution in [0.1, 0.15) is 32.4 Å². The lowest BCUT2D eigenvalue weighted by Crippen LogP contribution is -2.41. The molecule has 0 aliphatic carbocycles. The summed E-state index contributed by atoms with van der Waals surface area (Å²) >= 11 is 0. The van der Waals surface area contributed by atoms with Crippen molar-refractivity contribution in [1.82, 2.24) is 5.32 Å². The molecule has 3 N–H and O–H groups in total. The van der Waals surface area contributed by atoms with Gasteiger partial charge in [-0.25, -0.2) is 8.78 Å². The topological polar surface area (TPSA) is 55.1 Å². The molecule has 0 saturated carbocycles. The second-order valence-corrected chi connectivity index (χ2v) is 5.05. The first-order valence-electron chi connectivity index (χ1n) is 5.71. The second-order valence-electron chi connectivity index (χ2n) is 5.05. The maximum Gasteiger partial charge on any atom is 0.224 e. The first-order valence-corrected chi connectivity index (χ1v) is 5.71. The molecular formula is C13H18F2N2O. The van der Waals surface area contributed by atoms with Crippen LogP contribution in [-0.2, 0) is 4.79 Å². The summed E-state index contributed by atoms with van der Waals surface area (Å²) in [5.74, 6) is -1.66. The number of hydrogen-bond acceptors (Lipinski definition) is 2. The smallest absolute Gasteiger partial charge is 0.224 e. The van der Waals surface area contributed by atoms with E-state index in [1.54, 1.807) is 20.8 Å². The van der Waals surface area contributed by atoms with Gasteiger partial charge in [-0.1, -0.05) is 0 Å². The molecule has 0 unspecified atom stereocenters. The van der Waals surface area contributed by atoms with Gasteiger partial charge in [-0.3, -0.25) is 4.79 Å².